The summed E-state index contributed by atoms with van der Waals surface area (Å²) in [5.41, 5.74) is 1.14. The van der Waals surface area contributed by atoms with Crippen LogP contribution in [0, 0.1) is 0 Å². The molecule has 3 amide bonds. The fourth-order valence-corrected chi connectivity index (χ4v) is 2.85. The van der Waals surface area contributed by atoms with Crippen molar-refractivity contribution < 1.29 is 23.9 Å². The number of ether oxygens (including phenoxy) is 2. The Hall–Kier alpha value is -3.35. The quantitative estimate of drug-likeness (QED) is 0.861. The number of anilines is 1. The van der Waals surface area contributed by atoms with Crippen LogP contribution in [-0.2, 0) is 4.79 Å². The van der Waals surface area contributed by atoms with Crippen LogP contribution in [0.4, 0.5) is 5.69 Å². The molecule has 0 saturated carbocycles. The van der Waals surface area contributed by atoms with Crippen LogP contribution in [0.3, 0.4) is 0 Å². The van der Waals surface area contributed by atoms with E-state index in [2.05, 4.69) is 5.32 Å². The number of benzene rings is 2. The molecule has 126 valence electrons. The van der Waals surface area contributed by atoms with Crippen LogP contribution in [0.5, 0.6) is 11.5 Å². The molecule has 0 unspecified atom stereocenters. The van der Waals surface area contributed by atoms with Crippen molar-refractivity contribution in [2.24, 2.45) is 0 Å². The van der Waals surface area contributed by atoms with E-state index < -0.39 is 17.7 Å². The molecule has 0 fully saturated rings. The van der Waals surface area contributed by atoms with Crippen LogP contribution >= 0.6 is 0 Å². The molecule has 0 aliphatic carbocycles. The van der Waals surface area contributed by atoms with Crippen LogP contribution < -0.4 is 14.8 Å². The van der Waals surface area contributed by atoms with E-state index in [1.807, 2.05) is 0 Å². The van der Waals surface area contributed by atoms with Crippen molar-refractivity contribution in [3.63, 3.8) is 0 Å². The number of nitrogens with zero attached hydrogens (tertiary/aromatic N) is 1. The number of imide groups is 1. The van der Waals surface area contributed by atoms with Crippen LogP contribution in [0.1, 0.15) is 20.7 Å². The molecule has 25 heavy (non-hydrogen) atoms. The lowest BCUT2D eigenvalue weighted by atomic mass is 10.1. The number of nitrogens with one attached hydrogen (secondary N) is 1. The van der Waals surface area contributed by atoms with E-state index >= 15 is 0 Å². The molecule has 0 bridgehead atoms. The van der Waals surface area contributed by atoms with Gasteiger partial charge >= 0.3 is 0 Å². The van der Waals surface area contributed by atoms with Gasteiger partial charge in [-0.2, -0.15) is 0 Å². The third-order valence-electron chi connectivity index (χ3n) is 4.01. The van der Waals surface area contributed by atoms with Gasteiger partial charge in [0.15, 0.2) is 11.5 Å². The van der Waals surface area contributed by atoms with Crippen LogP contribution in [0.2, 0.25) is 0 Å². The molecule has 0 radical (unpaired) electrons. The highest BCUT2D eigenvalue weighted by Crippen LogP contribution is 2.32. The Bertz CT molecular complexity index is 858. The number of fused-ring (bicyclic) bond motifs is 2. The molecule has 2 aliphatic rings. The van der Waals surface area contributed by atoms with Gasteiger partial charge in [-0.15, -0.1) is 0 Å². The molecule has 0 atom stereocenters. The molecule has 4 rings (SSSR count). The Labute approximate surface area is 143 Å². The second kappa shape index (κ2) is 5.94. The highest BCUT2D eigenvalue weighted by Gasteiger charge is 2.36. The number of hydrogen-bond donors (Lipinski definition) is 1. The van der Waals surface area contributed by atoms with E-state index in [-0.39, 0.29) is 6.54 Å². The topological polar surface area (TPSA) is 84.9 Å². The molecule has 0 spiro atoms. The largest absolute Gasteiger partial charge is 0.486 e. The Morgan fingerprint density at radius 2 is 1.60 bits per heavy atom. The third kappa shape index (κ3) is 2.69. The van der Waals surface area contributed by atoms with Crippen molar-refractivity contribution in [1.29, 1.82) is 0 Å². The molecule has 2 aromatic rings. The molecular weight excluding hydrogens is 324 g/mol. The van der Waals surface area contributed by atoms with Gasteiger partial charge in [-0.3, -0.25) is 19.3 Å². The molecule has 7 nitrogen and oxygen atoms in total. The maximum atomic E-state index is 12.3. The summed E-state index contributed by atoms with van der Waals surface area (Å²) in [4.78, 5) is 37.7. The third-order valence-corrected chi connectivity index (χ3v) is 4.01. The van der Waals surface area contributed by atoms with Gasteiger partial charge in [0.2, 0.25) is 5.91 Å². The predicted molar refractivity (Wildman–Crippen MR) is 87.9 cm³/mol. The van der Waals surface area contributed by atoms with Crippen LogP contribution in [0.15, 0.2) is 42.5 Å². The van der Waals surface area contributed by atoms with Gasteiger partial charge in [-0.25, -0.2) is 0 Å². The van der Waals surface area contributed by atoms with Crippen LogP contribution in [-0.4, -0.2) is 42.4 Å². The standard InChI is InChI=1S/C18H14N2O5/c21-16(19-11-5-6-14-15(9-11)25-8-7-24-14)10-20-17(22)12-3-1-2-4-13(12)18(20)23/h1-6,9H,7-8,10H2,(H,19,21). The van der Waals surface area contributed by atoms with E-state index in [0.29, 0.717) is 41.5 Å². The van der Waals surface area contributed by atoms with Gasteiger partial charge in [0.25, 0.3) is 11.8 Å². The van der Waals surface area contributed by atoms with Crippen molar-refractivity contribution in [1.82, 2.24) is 4.90 Å². The first-order valence-electron chi connectivity index (χ1n) is 7.78. The minimum absolute atomic E-state index is 0.319. The zero-order chi connectivity index (χ0) is 17.4. The normalized spacial score (nSPS) is 15.1. The SMILES string of the molecule is O=C(CN1C(=O)c2ccccc2C1=O)Nc1ccc2c(c1)OCCO2. The Morgan fingerprint density at radius 3 is 2.28 bits per heavy atom. The predicted octanol–water partition coefficient (Wildman–Crippen LogP) is 1.69. The minimum Gasteiger partial charge on any atom is -0.486 e. The number of carbonyl (C=O) groups excluding carboxylic acids is 3. The van der Waals surface area contributed by atoms with Crippen molar-refractivity contribution >= 4 is 23.4 Å². The van der Waals surface area contributed by atoms with Crippen molar-refractivity contribution in [2.45, 2.75) is 0 Å². The van der Waals surface area contributed by atoms with Crippen molar-refractivity contribution in [3.05, 3.63) is 53.6 Å². The smallest absolute Gasteiger partial charge is 0.262 e. The maximum Gasteiger partial charge on any atom is 0.262 e. The number of rotatable bonds is 3. The molecule has 2 heterocycles. The lowest BCUT2D eigenvalue weighted by Crippen LogP contribution is -2.37. The molecule has 0 saturated heterocycles. The summed E-state index contributed by atoms with van der Waals surface area (Å²) < 4.78 is 10.9. The second-order valence-corrected chi connectivity index (χ2v) is 5.65. The molecule has 1 N–H and O–H groups in total. The van der Waals surface area contributed by atoms with Crippen LogP contribution in [0.25, 0.3) is 0 Å². The Balaban J connectivity index is 1.46. The lowest BCUT2D eigenvalue weighted by Gasteiger charge is -2.19. The van der Waals surface area contributed by atoms with E-state index in [1.165, 1.54) is 0 Å². The zero-order valence-corrected chi connectivity index (χ0v) is 13.2. The van der Waals surface area contributed by atoms with Crippen molar-refractivity contribution in [3.8, 4) is 11.5 Å². The van der Waals surface area contributed by atoms with Gasteiger partial charge in [0, 0.05) is 11.8 Å². The Kier molecular flexibility index (Phi) is 3.61. The average Bonchev–Trinajstić information content (AvgIpc) is 2.87. The maximum absolute atomic E-state index is 12.3. The molecule has 2 aliphatic heterocycles. The second-order valence-electron chi connectivity index (χ2n) is 5.65. The molecule has 0 aromatic heterocycles. The first-order chi connectivity index (χ1) is 12.1. The highest BCUT2D eigenvalue weighted by molar-refractivity contribution is 6.22. The fourth-order valence-electron chi connectivity index (χ4n) is 2.85. The fraction of sp³-hybridized carbons (Fsp3) is 0.167. The molecule has 2 aromatic carbocycles. The Morgan fingerprint density at radius 1 is 0.960 bits per heavy atom. The van der Waals surface area contributed by atoms with Gasteiger partial charge in [0.1, 0.15) is 19.8 Å². The van der Waals surface area contributed by atoms with E-state index in [0.717, 1.165) is 4.90 Å². The van der Waals surface area contributed by atoms with E-state index in [4.69, 9.17) is 9.47 Å². The first-order valence-corrected chi connectivity index (χ1v) is 7.78. The van der Waals surface area contributed by atoms with Gasteiger partial charge < -0.3 is 14.8 Å². The summed E-state index contributed by atoms with van der Waals surface area (Å²) in [5.74, 6) is -0.226. The summed E-state index contributed by atoms with van der Waals surface area (Å²) in [6.07, 6.45) is 0. The average molecular weight is 338 g/mol. The monoisotopic (exact) mass is 338 g/mol. The van der Waals surface area contributed by atoms with Gasteiger partial charge in [-0.1, -0.05) is 12.1 Å². The van der Waals surface area contributed by atoms with Gasteiger partial charge in [0.05, 0.1) is 11.1 Å². The zero-order valence-electron chi connectivity index (χ0n) is 13.2. The summed E-state index contributed by atoms with van der Waals surface area (Å²) in [5, 5.41) is 2.67. The summed E-state index contributed by atoms with van der Waals surface area (Å²) in [6, 6.07) is 11.5. The lowest BCUT2D eigenvalue weighted by molar-refractivity contribution is -0.116. The van der Waals surface area contributed by atoms with Crippen molar-refractivity contribution in [2.75, 3.05) is 25.1 Å². The number of carbonyl (C=O) groups is 3. The first kappa shape index (κ1) is 15.2. The molecular formula is C18H14N2O5. The summed E-state index contributed by atoms with van der Waals surface area (Å²) >= 11 is 0. The van der Waals surface area contributed by atoms with E-state index in [9.17, 15) is 14.4 Å². The summed E-state index contributed by atoms with van der Waals surface area (Å²) in [7, 11) is 0. The highest BCUT2D eigenvalue weighted by atomic mass is 16.6. The number of hydrogen-bond acceptors (Lipinski definition) is 5. The molecule has 7 heteroatoms. The van der Waals surface area contributed by atoms with Gasteiger partial charge in [-0.05, 0) is 24.3 Å². The summed E-state index contributed by atoms with van der Waals surface area (Å²) in [6.45, 7) is 0.582. The van der Waals surface area contributed by atoms with E-state index in [1.54, 1.807) is 42.5 Å². The number of amides is 3. The minimum atomic E-state index is -0.466.